The molecule has 0 spiro atoms. The molecule has 17 heavy (non-hydrogen) atoms. The first kappa shape index (κ1) is 14.2. The predicted molar refractivity (Wildman–Crippen MR) is 73.2 cm³/mol. The molecule has 1 atom stereocenters. The highest BCUT2D eigenvalue weighted by atomic mass is 16.2. The van der Waals surface area contributed by atoms with E-state index in [1.165, 1.54) is 24.0 Å². The van der Waals surface area contributed by atoms with Gasteiger partial charge in [0.2, 0.25) is 0 Å². The van der Waals surface area contributed by atoms with Gasteiger partial charge in [-0.2, -0.15) is 0 Å². The average Bonchev–Trinajstić information content (AvgIpc) is 2.33. The Labute approximate surface area is 105 Å². The van der Waals surface area contributed by atoms with Crippen LogP contribution < -0.4 is 5.32 Å². The van der Waals surface area contributed by atoms with Gasteiger partial charge in [-0.1, -0.05) is 42.7 Å². The molecule has 2 N–H and O–H groups in total. The van der Waals surface area contributed by atoms with Crippen LogP contribution in [0.1, 0.15) is 49.8 Å². The third-order valence-electron chi connectivity index (χ3n) is 3.08. The zero-order chi connectivity index (χ0) is 12.5. The molecule has 0 radical (unpaired) electrons. The van der Waals surface area contributed by atoms with Gasteiger partial charge in [0, 0.05) is 12.6 Å². The summed E-state index contributed by atoms with van der Waals surface area (Å²) in [7, 11) is 0. The van der Waals surface area contributed by atoms with Gasteiger partial charge in [0.1, 0.15) is 0 Å². The first-order chi connectivity index (χ1) is 8.24. The minimum atomic E-state index is 0.327. The van der Waals surface area contributed by atoms with E-state index in [0.29, 0.717) is 12.6 Å². The zero-order valence-corrected chi connectivity index (χ0v) is 11.1. The van der Waals surface area contributed by atoms with Crippen LogP contribution in [0.15, 0.2) is 24.3 Å². The number of aliphatic hydroxyl groups excluding tert-OH is 1. The summed E-state index contributed by atoms with van der Waals surface area (Å²) in [6, 6.07) is 9.09. The van der Waals surface area contributed by atoms with Crippen molar-refractivity contribution in [3.63, 3.8) is 0 Å². The zero-order valence-electron chi connectivity index (χ0n) is 11.1. The van der Waals surface area contributed by atoms with Crippen LogP contribution >= 0.6 is 0 Å². The molecule has 0 fully saturated rings. The van der Waals surface area contributed by atoms with Gasteiger partial charge < -0.3 is 10.4 Å². The Morgan fingerprint density at radius 2 is 1.94 bits per heavy atom. The van der Waals surface area contributed by atoms with Crippen LogP contribution in [0.2, 0.25) is 0 Å². The van der Waals surface area contributed by atoms with Crippen LogP contribution in [0.3, 0.4) is 0 Å². The first-order valence-corrected chi connectivity index (χ1v) is 6.65. The summed E-state index contributed by atoms with van der Waals surface area (Å²) >= 11 is 0. The van der Waals surface area contributed by atoms with Gasteiger partial charge in [0.05, 0.1) is 0 Å². The van der Waals surface area contributed by atoms with Crippen LogP contribution in [0.4, 0.5) is 0 Å². The molecule has 0 saturated heterocycles. The quantitative estimate of drug-likeness (QED) is 0.678. The van der Waals surface area contributed by atoms with E-state index < -0.39 is 0 Å². The minimum Gasteiger partial charge on any atom is -0.396 e. The SMILES string of the molecule is Cc1cccc([C@@H](C)NCCCCCCO)c1. The molecule has 2 heteroatoms. The molecule has 0 bridgehead atoms. The molecule has 0 saturated carbocycles. The van der Waals surface area contributed by atoms with E-state index >= 15 is 0 Å². The van der Waals surface area contributed by atoms with Gasteiger partial charge in [-0.3, -0.25) is 0 Å². The molecule has 1 aromatic carbocycles. The summed E-state index contributed by atoms with van der Waals surface area (Å²) < 4.78 is 0. The van der Waals surface area contributed by atoms with Crippen LogP contribution in [-0.2, 0) is 0 Å². The average molecular weight is 235 g/mol. The second-order valence-electron chi connectivity index (χ2n) is 4.73. The van der Waals surface area contributed by atoms with E-state index in [0.717, 1.165) is 19.4 Å². The lowest BCUT2D eigenvalue weighted by atomic mass is 10.1. The molecule has 2 nitrogen and oxygen atoms in total. The van der Waals surface area contributed by atoms with Crippen molar-refractivity contribution in [3.8, 4) is 0 Å². The molecule has 0 aromatic heterocycles. The minimum absolute atomic E-state index is 0.327. The molecule has 1 rings (SSSR count). The van der Waals surface area contributed by atoms with Crippen molar-refractivity contribution < 1.29 is 5.11 Å². The second-order valence-corrected chi connectivity index (χ2v) is 4.73. The van der Waals surface area contributed by atoms with Gasteiger partial charge in [0.25, 0.3) is 0 Å². The lowest BCUT2D eigenvalue weighted by Gasteiger charge is -2.14. The molecule has 0 heterocycles. The van der Waals surface area contributed by atoms with E-state index in [2.05, 4.69) is 43.4 Å². The van der Waals surface area contributed by atoms with Gasteiger partial charge in [-0.05, 0) is 38.8 Å². The molecular formula is C15H25NO. The maximum absolute atomic E-state index is 8.67. The Hall–Kier alpha value is -0.860. The fraction of sp³-hybridized carbons (Fsp3) is 0.600. The van der Waals surface area contributed by atoms with Crippen LogP contribution in [0.25, 0.3) is 0 Å². The Morgan fingerprint density at radius 3 is 2.65 bits per heavy atom. The smallest absolute Gasteiger partial charge is 0.0431 e. The predicted octanol–water partition coefficient (Wildman–Crippen LogP) is 3.20. The summed E-state index contributed by atoms with van der Waals surface area (Å²) in [5, 5.41) is 12.2. The standard InChI is InChI=1S/C15H25NO/c1-13-8-7-9-15(12-13)14(2)16-10-5-3-4-6-11-17/h7-9,12,14,16-17H,3-6,10-11H2,1-2H3/t14-/m1/s1. The number of benzene rings is 1. The van der Waals surface area contributed by atoms with Crippen LogP contribution in [0.5, 0.6) is 0 Å². The van der Waals surface area contributed by atoms with Crippen molar-refractivity contribution in [3.05, 3.63) is 35.4 Å². The van der Waals surface area contributed by atoms with Gasteiger partial charge in [-0.25, -0.2) is 0 Å². The molecule has 0 amide bonds. The molecule has 0 unspecified atom stereocenters. The van der Waals surface area contributed by atoms with Crippen molar-refractivity contribution in [1.82, 2.24) is 5.32 Å². The number of unbranched alkanes of at least 4 members (excludes halogenated alkanes) is 3. The van der Waals surface area contributed by atoms with Crippen molar-refractivity contribution in [1.29, 1.82) is 0 Å². The molecule has 0 aliphatic carbocycles. The Bertz CT molecular complexity index is 312. The normalized spacial score (nSPS) is 12.6. The van der Waals surface area contributed by atoms with Gasteiger partial charge in [-0.15, -0.1) is 0 Å². The number of hydrogen-bond donors (Lipinski definition) is 2. The number of nitrogens with one attached hydrogen (secondary N) is 1. The fourth-order valence-corrected chi connectivity index (χ4v) is 1.97. The van der Waals surface area contributed by atoms with Crippen molar-refractivity contribution in [2.45, 2.75) is 45.6 Å². The summed E-state index contributed by atoms with van der Waals surface area (Å²) in [5.74, 6) is 0. The summed E-state index contributed by atoms with van der Waals surface area (Å²) in [5.41, 5.74) is 2.68. The number of hydrogen-bond acceptors (Lipinski definition) is 2. The highest BCUT2D eigenvalue weighted by Gasteiger charge is 2.03. The third-order valence-corrected chi connectivity index (χ3v) is 3.08. The second kappa shape index (κ2) is 8.26. The van der Waals surface area contributed by atoms with E-state index in [-0.39, 0.29) is 0 Å². The van der Waals surface area contributed by atoms with Crippen LogP contribution in [-0.4, -0.2) is 18.3 Å². The number of rotatable bonds is 8. The molecule has 96 valence electrons. The highest BCUT2D eigenvalue weighted by molar-refractivity contribution is 5.24. The molecular weight excluding hydrogens is 210 g/mol. The Balaban J connectivity index is 2.19. The first-order valence-electron chi connectivity index (χ1n) is 6.65. The van der Waals surface area contributed by atoms with E-state index in [1.54, 1.807) is 0 Å². The van der Waals surface area contributed by atoms with E-state index in [9.17, 15) is 0 Å². The summed E-state index contributed by atoms with van der Waals surface area (Å²) in [6.45, 7) is 5.72. The summed E-state index contributed by atoms with van der Waals surface area (Å²) in [6.07, 6.45) is 4.47. The number of aryl methyl sites for hydroxylation is 1. The third kappa shape index (κ3) is 5.85. The maximum Gasteiger partial charge on any atom is 0.0431 e. The van der Waals surface area contributed by atoms with E-state index in [1.807, 2.05) is 0 Å². The topological polar surface area (TPSA) is 32.3 Å². The largest absolute Gasteiger partial charge is 0.396 e. The van der Waals surface area contributed by atoms with Crippen molar-refractivity contribution >= 4 is 0 Å². The molecule has 0 aliphatic heterocycles. The van der Waals surface area contributed by atoms with Gasteiger partial charge >= 0.3 is 0 Å². The Kier molecular flexibility index (Phi) is 6.90. The van der Waals surface area contributed by atoms with Gasteiger partial charge in [0.15, 0.2) is 0 Å². The monoisotopic (exact) mass is 235 g/mol. The highest BCUT2D eigenvalue weighted by Crippen LogP contribution is 2.13. The Morgan fingerprint density at radius 1 is 1.18 bits per heavy atom. The van der Waals surface area contributed by atoms with Crippen LogP contribution in [0, 0.1) is 6.92 Å². The lowest BCUT2D eigenvalue weighted by Crippen LogP contribution is -2.19. The fourth-order valence-electron chi connectivity index (χ4n) is 1.97. The van der Waals surface area contributed by atoms with Crippen molar-refractivity contribution in [2.24, 2.45) is 0 Å². The molecule has 1 aromatic rings. The number of aliphatic hydroxyl groups is 1. The lowest BCUT2D eigenvalue weighted by molar-refractivity contribution is 0.282. The van der Waals surface area contributed by atoms with Crippen molar-refractivity contribution in [2.75, 3.05) is 13.2 Å². The maximum atomic E-state index is 8.67. The summed E-state index contributed by atoms with van der Waals surface area (Å²) in [4.78, 5) is 0. The van der Waals surface area contributed by atoms with E-state index in [4.69, 9.17) is 5.11 Å². The molecule has 0 aliphatic rings.